The van der Waals surface area contributed by atoms with Crippen LogP contribution in [-0.4, -0.2) is 42.5 Å². The summed E-state index contributed by atoms with van der Waals surface area (Å²) in [6, 6.07) is 23.6. The molecule has 3 aromatic carbocycles. The minimum absolute atomic E-state index is 0.224. The molecular weight excluding hydrogens is 434 g/mol. The molecule has 0 aliphatic carbocycles. The second kappa shape index (κ2) is 10.4. The van der Waals surface area contributed by atoms with Crippen molar-refractivity contribution in [3.63, 3.8) is 0 Å². The molecule has 8 heteroatoms. The average molecular weight is 457 g/mol. The predicted molar refractivity (Wildman–Crippen MR) is 127 cm³/mol. The summed E-state index contributed by atoms with van der Waals surface area (Å²) >= 11 is 0. The molecule has 0 aliphatic rings. The molecule has 0 atom stereocenters. The maximum Gasteiger partial charge on any atom is 0.342 e. The maximum atomic E-state index is 13.0. The van der Waals surface area contributed by atoms with Crippen LogP contribution in [0.4, 0.5) is 5.69 Å². The number of nitrogens with zero attached hydrogens (tertiary/aromatic N) is 2. The molecule has 0 radical (unpaired) electrons. The summed E-state index contributed by atoms with van der Waals surface area (Å²) < 4.78 is 17.5. The van der Waals surface area contributed by atoms with Crippen molar-refractivity contribution >= 4 is 17.6 Å². The van der Waals surface area contributed by atoms with Crippen molar-refractivity contribution in [2.45, 2.75) is 0 Å². The topological polar surface area (TPSA) is 91.7 Å². The summed E-state index contributed by atoms with van der Waals surface area (Å²) in [5.74, 6) is -0.0275. The van der Waals surface area contributed by atoms with Gasteiger partial charge in [0, 0.05) is 11.8 Å². The van der Waals surface area contributed by atoms with Crippen molar-refractivity contribution in [3.8, 4) is 28.4 Å². The van der Waals surface area contributed by atoms with Gasteiger partial charge in [-0.25, -0.2) is 9.48 Å². The number of carbonyl (C=O) groups excluding carboxylic acids is 2. The van der Waals surface area contributed by atoms with Crippen LogP contribution in [0.2, 0.25) is 0 Å². The van der Waals surface area contributed by atoms with Crippen LogP contribution in [0.15, 0.2) is 85.1 Å². The summed E-state index contributed by atoms with van der Waals surface area (Å²) in [6.07, 6.45) is 1.59. The molecule has 0 spiro atoms. The van der Waals surface area contributed by atoms with Gasteiger partial charge >= 0.3 is 5.97 Å². The quantitative estimate of drug-likeness (QED) is 0.396. The van der Waals surface area contributed by atoms with Crippen LogP contribution >= 0.6 is 0 Å². The molecule has 0 unspecified atom stereocenters. The number of esters is 1. The van der Waals surface area contributed by atoms with E-state index in [2.05, 4.69) is 10.4 Å². The van der Waals surface area contributed by atoms with E-state index >= 15 is 0 Å². The molecule has 0 fully saturated rings. The van der Waals surface area contributed by atoms with Crippen molar-refractivity contribution in [2.75, 3.05) is 26.1 Å². The third kappa shape index (κ3) is 5.07. The van der Waals surface area contributed by atoms with E-state index in [0.717, 1.165) is 5.69 Å². The standard InChI is InChI=1S/C26H23N3O5/c1-32-20-12-8-9-18(15-20)25-21(16-29(28-25)19-10-4-3-5-11-19)26(31)34-17-24(30)27-22-13-6-7-14-23(22)33-2/h3-16H,17H2,1-2H3,(H,27,30). The van der Waals surface area contributed by atoms with Gasteiger partial charge in [-0.1, -0.05) is 42.5 Å². The minimum Gasteiger partial charge on any atom is -0.497 e. The largest absolute Gasteiger partial charge is 0.497 e. The first kappa shape index (κ1) is 22.6. The second-order valence-corrected chi connectivity index (χ2v) is 7.23. The Labute approximate surface area is 196 Å². The number of benzene rings is 3. The first-order chi connectivity index (χ1) is 16.6. The molecule has 0 saturated heterocycles. The Morgan fingerprint density at radius 1 is 0.912 bits per heavy atom. The number of para-hydroxylation sites is 3. The normalized spacial score (nSPS) is 10.4. The summed E-state index contributed by atoms with van der Waals surface area (Å²) in [5, 5.41) is 7.29. The molecule has 34 heavy (non-hydrogen) atoms. The number of ether oxygens (including phenoxy) is 3. The van der Waals surface area contributed by atoms with E-state index in [1.807, 2.05) is 42.5 Å². The molecule has 1 heterocycles. The lowest BCUT2D eigenvalue weighted by atomic mass is 10.1. The highest BCUT2D eigenvalue weighted by Crippen LogP contribution is 2.28. The fourth-order valence-corrected chi connectivity index (χ4v) is 3.36. The van der Waals surface area contributed by atoms with E-state index in [-0.39, 0.29) is 5.56 Å². The minimum atomic E-state index is -0.671. The molecule has 1 aromatic heterocycles. The lowest BCUT2D eigenvalue weighted by Crippen LogP contribution is -2.21. The number of hydrogen-bond acceptors (Lipinski definition) is 6. The monoisotopic (exact) mass is 457 g/mol. The molecule has 0 bridgehead atoms. The fraction of sp³-hybridized carbons (Fsp3) is 0.115. The van der Waals surface area contributed by atoms with Gasteiger partial charge in [0.15, 0.2) is 6.61 Å². The number of anilines is 1. The van der Waals surface area contributed by atoms with E-state index in [9.17, 15) is 9.59 Å². The smallest absolute Gasteiger partial charge is 0.342 e. The molecule has 0 aliphatic heterocycles. The van der Waals surface area contributed by atoms with Crippen LogP contribution in [0.1, 0.15) is 10.4 Å². The zero-order valence-corrected chi connectivity index (χ0v) is 18.7. The molecule has 1 amide bonds. The van der Waals surface area contributed by atoms with E-state index in [1.54, 1.807) is 54.4 Å². The number of aromatic nitrogens is 2. The van der Waals surface area contributed by atoms with Gasteiger partial charge in [0.25, 0.3) is 5.91 Å². The lowest BCUT2D eigenvalue weighted by molar-refractivity contribution is -0.119. The summed E-state index contributed by atoms with van der Waals surface area (Å²) in [5.41, 5.74) is 2.58. The number of amides is 1. The van der Waals surface area contributed by atoms with Gasteiger partial charge in [-0.15, -0.1) is 0 Å². The molecule has 4 aromatic rings. The van der Waals surface area contributed by atoms with Crippen molar-refractivity contribution in [1.82, 2.24) is 9.78 Å². The van der Waals surface area contributed by atoms with Crippen molar-refractivity contribution in [3.05, 3.63) is 90.6 Å². The van der Waals surface area contributed by atoms with E-state index in [0.29, 0.717) is 28.4 Å². The zero-order chi connectivity index (χ0) is 23.9. The third-order valence-electron chi connectivity index (χ3n) is 5.01. The Balaban J connectivity index is 1.57. The van der Waals surface area contributed by atoms with Crippen molar-refractivity contribution < 1.29 is 23.8 Å². The summed E-state index contributed by atoms with van der Waals surface area (Å²) in [7, 11) is 3.08. The zero-order valence-electron chi connectivity index (χ0n) is 18.7. The molecule has 4 rings (SSSR count). The van der Waals surface area contributed by atoms with Crippen molar-refractivity contribution in [1.29, 1.82) is 0 Å². The Hall–Kier alpha value is -4.59. The maximum absolute atomic E-state index is 13.0. The van der Waals surface area contributed by atoms with Gasteiger partial charge in [0.1, 0.15) is 22.8 Å². The Kier molecular flexibility index (Phi) is 6.88. The first-order valence-corrected chi connectivity index (χ1v) is 10.5. The van der Waals surface area contributed by atoms with Crippen LogP contribution in [0.25, 0.3) is 16.9 Å². The Morgan fingerprint density at radius 2 is 1.68 bits per heavy atom. The van der Waals surface area contributed by atoms with Crippen LogP contribution in [0.5, 0.6) is 11.5 Å². The highest BCUT2D eigenvalue weighted by Gasteiger charge is 2.21. The summed E-state index contributed by atoms with van der Waals surface area (Å²) in [6.45, 7) is -0.467. The third-order valence-corrected chi connectivity index (χ3v) is 5.01. The molecule has 0 saturated carbocycles. The van der Waals surface area contributed by atoms with Crippen LogP contribution in [0, 0.1) is 0 Å². The highest BCUT2D eigenvalue weighted by molar-refractivity contribution is 5.99. The molecule has 172 valence electrons. The van der Waals surface area contributed by atoms with E-state index in [4.69, 9.17) is 14.2 Å². The predicted octanol–water partition coefficient (Wildman–Crippen LogP) is 4.35. The highest BCUT2D eigenvalue weighted by atomic mass is 16.5. The number of methoxy groups -OCH3 is 2. The lowest BCUT2D eigenvalue weighted by Gasteiger charge is -2.10. The van der Waals surface area contributed by atoms with Crippen LogP contribution in [0.3, 0.4) is 0 Å². The van der Waals surface area contributed by atoms with Gasteiger partial charge in [0.2, 0.25) is 0 Å². The molecule has 1 N–H and O–H groups in total. The second-order valence-electron chi connectivity index (χ2n) is 7.23. The fourth-order valence-electron chi connectivity index (χ4n) is 3.36. The average Bonchev–Trinajstić information content (AvgIpc) is 3.34. The van der Waals surface area contributed by atoms with Gasteiger partial charge in [-0.3, -0.25) is 4.79 Å². The number of carbonyl (C=O) groups is 2. The molecular formula is C26H23N3O5. The van der Waals surface area contributed by atoms with Gasteiger partial charge in [0.05, 0.1) is 25.6 Å². The summed E-state index contributed by atoms with van der Waals surface area (Å²) in [4.78, 5) is 25.4. The van der Waals surface area contributed by atoms with E-state index < -0.39 is 18.5 Å². The van der Waals surface area contributed by atoms with E-state index in [1.165, 1.54) is 7.11 Å². The number of rotatable bonds is 8. The number of hydrogen-bond donors (Lipinski definition) is 1. The molecule has 8 nitrogen and oxygen atoms in total. The van der Waals surface area contributed by atoms with Crippen LogP contribution < -0.4 is 14.8 Å². The SMILES string of the molecule is COc1cccc(-c2nn(-c3ccccc3)cc2C(=O)OCC(=O)Nc2ccccc2OC)c1. The Morgan fingerprint density at radius 3 is 2.44 bits per heavy atom. The van der Waals surface area contributed by atoms with Crippen molar-refractivity contribution in [2.24, 2.45) is 0 Å². The van der Waals surface area contributed by atoms with Crippen LogP contribution in [-0.2, 0) is 9.53 Å². The first-order valence-electron chi connectivity index (χ1n) is 10.5. The van der Waals surface area contributed by atoms with Gasteiger partial charge in [-0.05, 0) is 36.4 Å². The Bertz CT molecular complexity index is 1300. The number of nitrogens with one attached hydrogen (secondary N) is 1. The van der Waals surface area contributed by atoms with Gasteiger partial charge in [-0.2, -0.15) is 5.10 Å². The van der Waals surface area contributed by atoms with Gasteiger partial charge < -0.3 is 19.5 Å².